The Morgan fingerprint density at radius 2 is 1.89 bits per heavy atom. The Hall–Kier alpha value is -1.06. The van der Waals surface area contributed by atoms with Crippen LogP contribution in [0.1, 0.15) is 19.8 Å². The zero-order valence-electron chi connectivity index (χ0n) is 11.4. The van der Waals surface area contributed by atoms with Gasteiger partial charge in [0.05, 0.1) is 18.0 Å². The molecule has 2 N–H and O–H groups in total. The Kier molecular flexibility index (Phi) is 2.88. The van der Waals surface area contributed by atoms with Gasteiger partial charge in [0, 0.05) is 17.8 Å². The number of ether oxygens (including phenoxy) is 1. The van der Waals surface area contributed by atoms with Gasteiger partial charge < -0.3 is 14.9 Å². The highest BCUT2D eigenvalue weighted by Crippen LogP contribution is 2.53. The van der Waals surface area contributed by atoms with Crippen molar-refractivity contribution in [3.63, 3.8) is 0 Å². The monoisotopic (exact) mass is 262 g/mol. The SMILES string of the molecule is C=C1OC2C3C(=C)C(O)CC3C(=C)CC(O)C2C1C. The Balaban J connectivity index is 2.03. The summed E-state index contributed by atoms with van der Waals surface area (Å²) in [6, 6.07) is 0. The highest BCUT2D eigenvalue weighted by atomic mass is 16.5. The van der Waals surface area contributed by atoms with E-state index in [-0.39, 0.29) is 29.8 Å². The van der Waals surface area contributed by atoms with Gasteiger partial charge in [0.1, 0.15) is 6.10 Å². The van der Waals surface area contributed by atoms with Crippen molar-refractivity contribution in [1.29, 1.82) is 0 Å². The molecule has 0 aromatic heterocycles. The topological polar surface area (TPSA) is 49.7 Å². The number of rotatable bonds is 0. The smallest absolute Gasteiger partial charge is 0.111 e. The maximum Gasteiger partial charge on any atom is 0.111 e. The van der Waals surface area contributed by atoms with Crippen LogP contribution in [-0.2, 0) is 4.74 Å². The molecular weight excluding hydrogens is 240 g/mol. The summed E-state index contributed by atoms with van der Waals surface area (Å²) in [4.78, 5) is 0. The average Bonchev–Trinajstić information content (AvgIpc) is 2.75. The Morgan fingerprint density at radius 3 is 2.58 bits per heavy atom. The number of allylic oxidation sites excluding steroid dienone is 1. The minimum absolute atomic E-state index is 0.0290. The molecule has 2 saturated carbocycles. The summed E-state index contributed by atoms with van der Waals surface area (Å²) in [6.07, 6.45) is 0.204. The predicted molar refractivity (Wildman–Crippen MR) is 73.2 cm³/mol. The first-order valence-corrected chi connectivity index (χ1v) is 6.99. The van der Waals surface area contributed by atoms with Crippen LogP contribution in [0.15, 0.2) is 36.6 Å². The lowest BCUT2D eigenvalue weighted by atomic mass is 9.79. The van der Waals surface area contributed by atoms with Gasteiger partial charge in [-0.15, -0.1) is 0 Å². The summed E-state index contributed by atoms with van der Waals surface area (Å²) in [5.41, 5.74) is 1.85. The second-order valence-corrected chi connectivity index (χ2v) is 6.30. The molecule has 104 valence electrons. The van der Waals surface area contributed by atoms with Crippen molar-refractivity contribution in [1.82, 2.24) is 0 Å². The molecule has 3 aliphatic rings. The molecule has 0 aromatic carbocycles. The number of aliphatic hydroxyl groups excluding tert-OH is 2. The van der Waals surface area contributed by atoms with Crippen LogP contribution >= 0.6 is 0 Å². The van der Waals surface area contributed by atoms with Crippen molar-refractivity contribution >= 4 is 0 Å². The van der Waals surface area contributed by atoms with Crippen molar-refractivity contribution in [2.24, 2.45) is 23.7 Å². The molecule has 1 saturated heterocycles. The molecule has 2 aliphatic carbocycles. The second kappa shape index (κ2) is 4.22. The molecule has 1 heterocycles. The quantitative estimate of drug-likeness (QED) is 0.657. The van der Waals surface area contributed by atoms with E-state index in [1.54, 1.807) is 0 Å². The third kappa shape index (κ3) is 1.72. The van der Waals surface area contributed by atoms with Crippen molar-refractivity contribution < 1.29 is 14.9 Å². The number of aliphatic hydroxyl groups is 2. The molecule has 0 aromatic rings. The maximum absolute atomic E-state index is 10.5. The summed E-state index contributed by atoms with van der Waals surface area (Å²) in [6.45, 7) is 14.2. The van der Waals surface area contributed by atoms with E-state index in [1.165, 1.54) is 0 Å². The first-order chi connectivity index (χ1) is 8.91. The van der Waals surface area contributed by atoms with E-state index in [2.05, 4.69) is 19.7 Å². The summed E-state index contributed by atoms with van der Waals surface area (Å²) in [5, 5.41) is 20.5. The van der Waals surface area contributed by atoms with Gasteiger partial charge in [0.25, 0.3) is 0 Å². The molecule has 0 radical (unpaired) electrons. The van der Waals surface area contributed by atoms with Gasteiger partial charge in [-0.25, -0.2) is 0 Å². The van der Waals surface area contributed by atoms with Crippen LogP contribution < -0.4 is 0 Å². The Morgan fingerprint density at radius 1 is 1.21 bits per heavy atom. The van der Waals surface area contributed by atoms with Gasteiger partial charge in [-0.1, -0.05) is 32.2 Å². The van der Waals surface area contributed by atoms with Gasteiger partial charge in [-0.05, 0) is 24.3 Å². The van der Waals surface area contributed by atoms with Crippen LogP contribution in [0.3, 0.4) is 0 Å². The molecule has 3 fully saturated rings. The van der Waals surface area contributed by atoms with Gasteiger partial charge in [0.15, 0.2) is 0 Å². The Bertz CT molecular complexity index is 453. The highest BCUT2D eigenvalue weighted by molar-refractivity contribution is 5.29. The molecule has 7 unspecified atom stereocenters. The minimum atomic E-state index is -0.476. The minimum Gasteiger partial charge on any atom is -0.494 e. The highest BCUT2D eigenvalue weighted by Gasteiger charge is 2.54. The Labute approximate surface area is 114 Å². The van der Waals surface area contributed by atoms with Crippen LogP contribution in [0, 0.1) is 23.7 Å². The average molecular weight is 262 g/mol. The fraction of sp³-hybridized carbons (Fsp3) is 0.625. The normalized spacial score (nSPS) is 49.6. The van der Waals surface area contributed by atoms with Crippen LogP contribution in [0.25, 0.3) is 0 Å². The molecule has 3 rings (SSSR count). The molecule has 0 bridgehead atoms. The number of hydrogen-bond donors (Lipinski definition) is 2. The van der Waals surface area contributed by atoms with Gasteiger partial charge in [-0.2, -0.15) is 0 Å². The third-order valence-electron chi connectivity index (χ3n) is 5.31. The fourth-order valence-electron chi connectivity index (χ4n) is 4.16. The first-order valence-electron chi connectivity index (χ1n) is 6.99. The van der Waals surface area contributed by atoms with E-state index in [0.29, 0.717) is 12.8 Å². The third-order valence-corrected chi connectivity index (χ3v) is 5.31. The number of hydrogen-bond acceptors (Lipinski definition) is 3. The molecule has 7 atom stereocenters. The standard InChI is InChI=1S/C16H22O3/c1-7-5-13(18)15-8(2)10(4)19-16(15)14-9(3)12(17)6-11(7)14/h8,11-18H,1,3-6H2,2H3. The van der Waals surface area contributed by atoms with Crippen molar-refractivity contribution in [2.75, 3.05) is 0 Å². The summed E-state index contributed by atoms with van der Waals surface area (Å²) >= 11 is 0. The zero-order valence-corrected chi connectivity index (χ0v) is 11.4. The maximum atomic E-state index is 10.5. The second-order valence-electron chi connectivity index (χ2n) is 6.30. The molecule has 19 heavy (non-hydrogen) atoms. The molecule has 3 heteroatoms. The summed E-state index contributed by atoms with van der Waals surface area (Å²) in [7, 11) is 0. The molecule has 0 amide bonds. The van der Waals surface area contributed by atoms with E-state index >= 15 is 0 Å². The van der Waals surface area contributed by atoms with E-state index in [9.17, 15) is 10.2 Å². The van der Waals surface area contributed by atoms with E-state index in [1.807, 2.05) is 6.92 Å². The lowest BCUT2D eigenvalue weighted by molar-refractivity contribution is 0.0232. The van der Waals surface area contributed by atoms with Crippen LogP contribution in [0.2, 0.25) is 0 Å². The first kappa shape index (κ1) is 12.9. The molecule has 0 spiro atoms. The van der Waals surface area contributed by atoms with E-state index in [4.69, 9.17) is 4.74 Å². The fourth-order valence-corrected chi connectivity index (χ4v) is 4.16. The van der Waals surface area contributed by atoms with Crippen LogP contribution in [-0.4, -0.2) is 28.5 Å². The summed E-state index contributed by atoms with van der Waals surface area (Å²) in [5.74, 6) is 1.14. The number of fused-ring (bicyclic) bond motifs is 3. The predicted octanol–water partition coefficient (Wildman–Crippen LogP) is 2.03. The van der Waals surface area contributed by atoms with E-state index in [0.717, 1.165) is 16.9 Å². The molecular formula is C16H22O3. The van der Waals surface area contributed by atoms with Crippen LogP contribution in [0.4, 0.5) is 0 Å². The van der Waals surface area contributed by atoms with E-state index < -0.39 is 12.2 Å². The summed E-state index contributed by atoms with van der Waals surface area (Å²) < 4.78 is 5.94. The zero-order chi connectivity index (χ0) is 13.9. The lowest BCUT2D eigenvalue weighted by Gasteiger charge is -2.28. The van der Waals surface area contributed by atoms with Gasteiger partial charge in [0.2, 0.25) is 0 Å². The van der Waals surface area contributed by atoms with Crippen LogP contribution in [0.5, 0.6) is 0 Å². The van der Waals surface area contributed by atoms with Crippen molar-refractivity contribution in [3.8, 4) is 0 Å². The van der Waals surface area contributed by atoms with Gasteiger partial charge in [-0.3, -0.25) is 0 Å². The van der Waals surface area contributed by atoms with Crippen molar-refractivity contribution in [2.45, 2.75) is 38.1 Å². The molecule has 3 nitrogen and oxygen atoms in total. The molecule has 1 aliphatic heterocycles. The van der Waals surface area contributed by atoms with Gasteiger partial charge >= 0.3 is 0 Å². The lowest BCUT2D eigenvalue weighted by Crippen LogP contribution is -2.35. The largest absolute Gasteiger partial charge is 0.494 e. The van der Waals surface area contributed by atoms with Crippen molar-refractivity contribution in [3.05, 3.63) is 36.6 Å².